The molecule has 1 spiro atoms. The van der Waals surface area contributed by atoms with Gasteiger partial charge in [-0.25, -0.2) is 0 Å². The summed E-state index contributed by atoms with van der Waals surface area (Å²) < 4.78 is 2.61. The van der Waals surface area contributed by atoms with E-state index in [2.05, 4.69) is 266 Å². The van der Waals surface area contributed by atoms with Gasteiger partial charge < -0.3 is 4.90 Å². The van der Waals surface area contributed by atoms with Crippen LogP contribution in [0.1, 0.15) is 22.3 Å². The molecule has 1 aromatic heterocycles. The molecule has 0 saturated carbocycles. The van der Waals surface area contributed by atoms with Crippen molar-refractivity contribution in [2.75, 3.05) is 4.90 Å². The van der Waals surface area contributed by atoms with Gasteiger partial charge in [-0.1, -0.05) is 231 Å². The average Bonchev–Trinajstić information content (AvgIpc) is 4.06. The molecule has 0 atom stereocenters. The molecule has 0 unspecified atom stereocenters. The normalized spacial score (nSPS) is 12.8. The zero-order valence-corrected chi connectivity index (χ0v) is 38.5. The second-order valence-electron chi connectivity index (χ2n) is 18.2. The summed E-state index contributed by atoms with van der Waals surface area (Å²) in [4.78, 5) is 2.58. The van der Waals surface area contributed by atoms with Crippen LogP contribution >= 0.6 is 11.3 Å². The third-order valence-electron chi connectivity index (χ3n) is 14.7. The maximum absolute atomic E-state index is 2.58. The number of anilines is 3. The number of thiophene rings is 1. The molecule has 2 aliphatic rings. The Kier molecular flexibility index (Phi) is 9.05. The van der Waals surface area contributed by atoms with Crippen LogP contribution in [0.2, 0.25) is 0 Å². The minimum atomic E-state index is -0.492. The molecule has 12 aromatic rings. The Hall–Kier alpha value is -8.56. The predicted octanol–water partition coefficient (Wildman–Crippen LogP) is 18.5. The van der Waals surface area contributed by atoms with Crippen LogP contribution in [-0.4, -0.2) is 0 Å². The molecule has 0 saturated heterocycles. The summed E-state index contributed by atoms with van der Waals surface area (Å²) in [5, 5.41) is 2.60. The number of nitrogens with zero attached hydrogens (tertiary/aromatic N) is 1. The first-order valence-electron chi connectivity index (χ1n) is 23.8. The van der Waals surface area contributed by atoms with Crippen molar-refractivity contribution in [2.24, 2.45) is 0 Å². The number of rotatable bonds is 7. The third kappa shape index (κ3) is 5.89. The maximum atomic E-state index is 2.58. The smallest absolute Gasteiger partial charge is 0.0726 e. The van der Waals surface area contributed by atoms with Crippen LogP contribution < -0.4 is 4.90 Å². The van der Waals surface area contributed by atoms with Crippen LogP contribution in [0.4, 0.5) is 17.1 Å². The summed E-state index contributed by atoms with van der Waals surface area (Å²) >= 11 is 1.88. The van der Waals surface area contributed by atoms with Gasteiger partial charge in [0.15, 0.2) is 0 Å². The summed E-state index contributed by atoms with van der Waals surface area (Å²) in [6.45, 7) is 0. The molecular formula is C67H43NS. The summed E-state index contributed by atoms with van der Waals surface area (Å²) in [5.41, 5.74) is 22.8. The van der Waals surface area contributed by atoms with Crippen LogP contribution in [-0.2, 0) is 5.41 Å². The fourth-order valence-corrected chi connectivity index (χ4v) is 13.2. The summed E-state index contributed by atoms with van der Waals surface area (Å²) in [6.07, 6.45) is 0. The van der Waals surface area contributed by atoms with Gasteiger partial charge in [-0.15, -0.1) is 11.3 Å². The second-order valence-corrected chi connectivity index (χ2v) is 19.3. The molecule has 0 radical (unpaired) electrons. The third-order valence-corrected chi connectivity index (χ3v) is 15.9. The molecule has 1 heterocycles. The van der Waals surface area contributed by atoms with E-state index in [1.807, 2.05) is 11.3 Å². The van der Waals surface area contributed by atoms with Crippen molar-refractivity contribution in [2.45, 2.75) is 5.41 Å². The fraction of sp³-hybridized carbons (Fsp3) is 0.0149. The van der Waals surface area contributed by atoms with E-state index in [9.17, 15) is 0 Å². The number of fused-ring (bicyclic) bond motifs is 13. The molecule has 2 heteroatoms. The fourth-order valence-electron chi connectivity index (χ4n) is 11.9. The monoisotopic (exact) mass is 893 g/mol. The van der Waals surface area contributed by atoms with Crippen molar-refractivity contribution in [3.63, 3.8) is 0 Å². The Labute approximate surface area is 406 Å². The molecule has 322 valence electrons. The van der Waals surface area contributed by atoms with Crippen molar-refractivity contribution in [3.8, 4) is 66.8 Å². The van der Waals surface area contributed by atoms with Gasteiger partial charge in [0.05, 0.1) is 16.8 Å². The van der Waals surface area contributed by atoms with Gasteiger partial charge in [-0.3, -0.25) is 0 Å². The van der Waals surface area contributed by atoms with Crippen LogP contribution in [0.3, 0.4) is 0 Å². The van der Waals surface area contributed by atoms with Crippen molar-refractivity contribution in [1.82, 2.24) is 0 Å². The highest BCUT2D eigenvalue weighted by Gasteiger charge is 2.52. The van der Waals surface area contributed by atoms with E-state index in [1.165, 1.54) is 109 Å². The maximum Gasteiger partial charge on any atom is 0.0726 e. The molecule has 69 heavy (non-hydrogen) atoms. The standard InChI is InChI=1S/C67H43NS/c1-3-21-44(22-4-1)48-27-7-8-31-54(48)64-49(45-23-5-2-6-24-45)33-19-40-61(64)68(47-26-17-25-46(43-47)50-34-18-35-55-53-30-12-16-42-63(53)69-66(50)55)62-41-20-39-60-65(62)56-32-11-15-38-59(56)67(60)57-36-13-9-28-51(57)52-29-10-14-37-58(52)67/h1-43H. The van der Waals surface area contributed by atoms with Gasteiger partial charge in [0.2, 0.25) is 0 Å². The van der Waals surface area contributed by atoms with E-state index in [0.717, 1.165) is 17.1 Å². The van der Waals surface area contributed by atoms with E-state index in [4.69, 9.17) is 0 Å². The lowest BCUT2D eigenvalue weighted by atomic mass is 9.70. The first-order chi connectivity index (χ1) is 34.3. The molecule has 0 fully saturated rings. The lowest BCUT2D eigenvalue weighted by Crippen LogP contribution is -2.26. The highest BCUT2D eigenvalue weighted by molar-refractivity contribution is 7.26. The van der Waals surface area contributed by atoms with Crippen LogP contribution in [0.25, 0.3) is 86.9 Å². The molecule has 0 N–H and O–H groups in total. The van der Waals surface area contributed by atoms with Crippen LogP contribution in [0.5, 0.6) is 0 Å². The molecule has 14 rings (SSSR count). The molecule has 0 bridgehead atoms. The lowest BCUT2D eigenvalue weighted by molar-refractivity contribution is 0.794. The summed E-state index contributed by atoms with van der Waals surface area (Å²) in [5.74, 6) is 0. The molecular weight excluding hydrogens is 851 g/mol. The number of benzene rings is 11. The zero-order valence-electron chi connectivity index (χ0n) is 37.7. The number of hydrogen-bond acceptors (Lipinski definition) is 2. The SMILES string of the molecule is c1ccc(-c2ccccc2-c2c(-c3ccccc3)cccc2N(c2cccc(-c3cccc4c3sc3ccccc34)c2)c2cccc3c2-c2ccccc2C32c3ccccc3-c3ccccc32)cc1. The molecule has 2 aliphatic carbocycles. The quantitative estimate of drug-likeness (QED) is 0.154. The Morgan fingerprint density at radius 1 is 0.290 bits per heavy atom. The predicted molar refractivity (Wildman–Crippen MR) is 292 cm³/mol. The Morgan fingerprint density at radius 3 is 1.48 bits per heavy atom. The molecule has 0 amide bonds. The summed E-state index contributed by atoms with van der Waals surface area (Å²) in [7, 11) is 0. The molecule has 0 aliphatic heterocycles. The van der Waals surface area contributed by atoms with Gasteiger partial charge in [-0.05, 0) is 108 Å². The first kappa shape index (κ1) is 39.6. The van der Waals surface area contributed by atoms with Crippen LogP contribution in [0, 0.1) is 0 Å². The minimum Gasteiger partial charge on any atom is -0.309 e. The number of hydrogen-bond donors (Lipinski definition) is 0. The van der Waals surface area contributed by atoms with Crippen molar-refractivity contribution >= 4 is 48.6 Å². The topological polar surface area (TPSA) is 3.24 Å². The van der Waals surface area contributed by atoms with Crippen LogP contribution in [0.15, 0.2) is 261 Å². The minimum absolute atomic E-state index is 0.492. The largest absolute Gasteiger partial charge is 0.309 e. The van der Waals surface area contributed by atoms with E-state index < -0.39 is 5.41 Å². The van der Waals surface area contributed by atoms with Crippen molar-refractivity contribution in [3.05, 3.63) is 283 Å². The van der Waals surface area contributed by atoms with Gasteiger partial charge in [-0.2, -0.15) is 0 Å². The average molecular weight is 894 g/mol. The van der Waals surface area contributed by atoms with Gasteiger partial charge in [0.25, 0.3) is 0 Å². The van der Waals surface area contributed by atoms with E-state index in [-0.39, 0.29) is 0 Å². The van der Waals surface area contributed by atoms with Gasteiger partial charge in [0.1, 0.15) is 0 Å². The Bertz CT molecular complexity index is 3930. The van der Waals surface area contributed by atoms with Crippen molar-refractivity contribution < 1.29 is 0 Å². The highest BCUT2D eigenvalue weighted by atomic mass is 32.1. The zero-order chi connectivity index (χ0) is 45.5. The van der Waals surface area contributed by atoms with Crippen molar-refractivity contribution in [1.29, 1.82) is 0 Å². The Morgan fingerprint density at radius 2 is 0.754 bits per heavy atom. The first-order valence-corrected chi connectivity index (χ1v) is 24.7. The van der Waals surface area contributed by atoms with E-state index >= 15 is 0 Å². The Balaban J connectivity index is 1.10. The molecule has 11 aromatic carbocycles. The molecule has 1 nitrogen and oxygen atoms in total. The second kappa shape index (κ2) is 15.8. The highest BCUT2D eigenvalue weighted by Crippen LogP contribution is 2.65. The lowest BCUT2D eigenvalue weighted by Gasteiger charge is -2.33. The summed E-state index contributed by atoms with van der Waals surface area (Å²) in [6, 6.07) is 97.0. The van der Waals surface area contributed by atoms with Gasteiger partial charge in [0, 0.05) is 37.0 Å². The van der Waals surface area contributed by atoms with E-state index in [0.29, 0.717) is 0 Å². The van der Waals surface area contributed by atoms with Gasteiger partial charge >= 0.3 is 0 Å². The van der Waals surface area contributed by atoms with E-state index in [1.54, 1.807) is 0 Å².